The van der Waals surface area contributed by atoms with Gasteiger partial charge in [0.2, 0.25) is 0 Å². The average molecular weight is 745 g/mol. The van der Waals surface area contributed by atoms with Crippen molar-refractivity contribution in [1.82, 2.24) is 20.5 Å². The summed E-state index contributed by atoms with van der Waals surface area (Å²) in [6.45, 7) is 6.02. The average Bonchev–Trinajstić information content (AvgIpc) is 3.45. The van der Waals surface area contributed by atoms with Gasteiger partial charge in [0.1, 0.15) is 0 Å². The molecule has 1 aromatic carbocycles. The van der Waals surface area contributed by atoms with Gasteiger partial charge in [-0.05, 0) is 12.5 Å². The number of nitriles is 1. The Morgan fingerprint density at radius 2 is 2.03 bits per heavy atom. The van der Waals surface area contributed by atoms with Crippen LogP contribution in [0.2, 0.25) is 0 Å². The second-order valence-electron chi connectivity index (χ2n) is 10.4. The summed E-state index contributed by atoms with van der Waals surface area (Å²) >= 11 is 2.08. The van der Waals surface area contributed by atoms with Crippen molar-refractivity contribution in [2.75, 3.05) is 6.54 Å². The Balaban J connectivity index is 1.45. The van der Waals surface area contributed by atoms with E-state index in [-0.39, 0.29) is 25.4 Å². The Bertz CT molecular complexity index is 1260. The van der Waals surface area contributed by atoms with Crippen LogP contribution in [0.5, 0.6) is 0 Å². The first-order valence-electron chi connectivity index (χ1n) is 12.4. The molecular weight excluding hydrogens is 715 g/mol. The standard InChI is InChI=1S/C26H31N5O4S2.Tl/c1-15-20(37-14-29-15)17-6-4-16(5-7-17)11-28-22(33)19-10-18(32)12-31(19)23(34)21(25(2,3)36)30-24(35)26(13-27)8-9-26;/h4-7,14,18-19,21,32,36H,8-12H2,1-3H3,(H,28,33)(H,30,35);/q;+1/p-1/t18-,19+,21-;/m1./s1. The van der Waals surface area contributed by atoms with Crippen LogP contribution in [0.4, 0.5) is 0 Å². The van der Waals surface area contributed by atoms with E-state index in [1.165, 1.54) is 4.90 Å². The molecule has 0 unspecified atom stereocenters. The van der Waals surface area contributed by atoms with E-state index in [0.717, 1.165) is 21.7 Å². The van der Waals surface area contributed by atoms with Crippen LogP contribution in [0.3, 0.4) is 0 Å². The fourth-order valence-electron chi connectivity index (χ4n) is 4.52. The first kappa shape index (κ1) is 29.0. The van der Waals surface area contributed by atoms with Gasteiger partial charge in [0.15, 0.2) is 0 Å². The first-order chi connectivity index (χ1) is 18.0. The number of β-amino-alcohol motifs (C(OH)–C–C–N with tert-alkyl or cyclic N) is 1. The number of thiazole rings is 1. The Morgan fingerprint density at radius 1 is 1.34 bits per heavy atom. The fourth-order valence-corrected chi connectivity index (χ4v) is 7.21. The molecule has 1 saturated carbocycles. The van der Waals surface area contributed by atoms with E-state index in [2.05, 4.69) is 21.7 Å². The molecule has 0 bridgehead atoms. The number of carbonyl (C=O) groups is 3. The van der Waals surface area contributed by atoms with Gasteiger partial charge in [-0.25, -0.2) is 4.98 Å². The summed E-state index contributed by atoms with van der Waals surface area (Å²) in [6.07, 6.45) is 0.241. The number of hydrogen-bond acceptors (Lipinski definition) is 8. The van der Waals surface area contributed by atoms with Crippen molar-refractivity contribution in [3.05, 3.63) is 41.0 Å². The number of rotatable bonds is 9. The number of nitrogens with one attached hydrogen (secondary N) is 2. The number of aryl methyl sites for hydroxylation is 1. The predicted octanol–water partition coefficient (Wildman–Crippen LogP) is 2.08. The SMILES string of the molecule is Cc1ncsc1-c1ccc(CNC(=O)[C@@H]2C[C@@H](O)CN2C(=O)[C@@H](NC(=O)C2(C#N)CC2)C(C)(C)[S][Tl])cc1. The van der Waals surface area contributed by atoms with Crippen LogP contribution in [0.15, 0.2) is 29.8 Å². The quantitative estimate of drug-likeness (QED) is 0.335. The van der Waals surface area contributed by atoms with Crippen LogP contribution >= 0.6 is 19.6 Å². The molecule has 1 aliphatic carbocycles. The third-order valence-electron chi connectivity index (χ3n) is 7.21. The predicted molar refractivity (Wildman–Crippen MR) is 147 cm³/mol. The number of aromatic nitrogens is 1. The molecule has 2 heterocycles. The van der Waals surface area contributed by atoms with Crippen molar-refractivity contribution in [2.24, 2.45) is 5.41 Å². The van der Waals surface area contributed by atoms with Gasteiger partial charge in [0.25, 0.3) is 0 Å². The summed E-state index contributed by atoms with van der Waals surface area (Å²) in [5.74, 6) is -1.20. The van der Waals surface area contributed by atoms with Gasteiger partial charge in [-0.2, -0.15) is 0 Å². The Labute approximate surface area is 244 Å². The Hall–Kier alpha value is -2.02. The van der Waals surface area contributed by atoms with Gasteiger partial charge in [-0.1, -0.05) is 0 Å². The third-order valence-corrected chi connectivity index (χ3v) is 16.1. The summed E-state index contributed by atoms with van der Waals surface area (Å²) in [6, 6.07) is 8.19. The van der Waals surface area contributed by atoms with E-state index in [1.54, 1.807) is 19.6 Å². The maximum absolute atomic E-state index is 13.8. The zero-order chi connectivity index (χ0) is 27.7. The molecule has 2 fully saturated rings. The van der Waals surface area contributed by atoms with Crippen LogP contribution in [0.25, 0.3) is 10.4 Å². The van der Waals surface area contributed by atoms with Crippen LogP contribution in [0, 0.1) is 23.7 Å². The van der Waals surface area contributed by atoms with Crippen LogP contribution in [-0.2, 0) is 20.9 Å². The summed E-state index contributed by atoms with van der Waals surface area (Å²) in [5.41, 5.74) is 3.69. The molecule has 0 radical (unpaired) electrons. The molecule has 0 spiro atoms. The molecule has 1 aliphatic heterocycles. The molecule has 1 saturated heterocycles. The maximum atomic E-state index is 13.8. The van der Waals surface area contributed by atoms with Crippen LogP contribution in [0.1, 0.15) is 44.4 Å². The normalized spacial score (nSPS) is 20.8. The van der Waals surface area contributed by atoms with Crippen molar-refractivity contribution in [3.8, 4) is 16.5 Å². The number of nitrogens with zero attached hydrogens (tertiary/aromatic N) is 3. The molecule has 3 N–H and O–H groups in total. The number of aliphatic hydroxyl groups excluding tert-OH is 1. The minimum absolute atomic E-state index is 0.0136. The molecule has 3 atom stereocenters. The van der Waals surface area contributed by atoms with E-state index in [0.29, 0.717) is 37.1 Å². The van der Waals surface area contributed by atoms with E-state index in [1.807, 2.05) is 50.5 Å². The van der Waals surface area contributed by atoms with Crippen LogP contribution < -0.4 is 10.6 Å². The molecule has 2 aromatic rings. The number of likely N-dealkylation sites (tertiary alicyclic amines) is 1. The van der Waals surface area contributed by atoms with Crippen molar-refractivity contribution in [3.63, 3.8) is 0 Å². The van der Waals surface area contributed by atoms with Gasteiger partial charge >= 0.3 is 201 Å². The molecule has 12 heteroatoms. The molecule has 2 aliphatic rings. The number of aliphatic hydroxyl groups is 1. The van der Waals surface area contributed by atoms with Crippen molar-refractivity contribution in [2.45, 2.75) is 69.5 Å². The number of carbonyl (C=O) groups excluding carboxylic acids is 3. The third kappa shape index (κ3) is 6.08. The summed E-state index contributed by atoms with van der Waals surface area (Å²) in [4.78, 5) is 46.6. The second-order valence-corrected chi connectivity index (χ2v) is 15.3. The fraction of sp³-hybridized carbons (Fsp3) is 0.500. The zero-order valence-electron chi connectivity index (χ0n) is 21.6. The zero-order valence-corrected chi connectivity index (χ0v) is 27.7. The van der Waals surface area contributed by atoms with Crippen LogP contribution in [-0.4, -0.2) is 86.5 Å². The molecule has 3 amide bonds. The van der Waals surface area contributed by atoms with Crippen molar-refractivity contribution in [1.29, 1.82) is 5.26 Å². The number of amides is 3. The van der Waals surface area contributed by atoms with Gasteiger partial charge in [0.05, 0.1) is 16.1 Å². The summed E-state index contributed by atoms with van der Waals surface area (Å²) in [7, 11) is 1.58. The van der Waals surface area contributed by atoms with Gasteiger partial charge in [-0.3, -0.25) is 0 Å². The molecule has 1 aromatic heterocycles. The topological polar surface area (TPSA) is 135 Å². The van der Waals surface area contributed by atoms with E-state index in [4.69, 9.17) is 0 Å². The van der Waals surface area contributed by atoms with E-state index >= 15 is 0 Å². The molecule has 9 nitrogen and oxygen atoms in total. The van der Waals surface area contributed by atoms with Gasteiger partial charge in [-0.15, -0.1) is 11.3 Å². The van der Waals surface area contributed by atoms with Crippen molar-refractivity contribution < 1.29 is 19.5 Å². The summed E-state index contributed by atoms with van der Waals surface area (Å²) < 4.78 is -0.629. The molecular formula is C26H30N5O4S2Tl. The molecule has 4 rings (SSSR count). The Morgan fingerprint density at radius 3 is 2.58 bits per heavy atom. The monoisotopic (exact) mass is 745 g/mol. The van der Waals surface area contributed by atoms with Crippen molar-refractivity contribution >= 4 is 61.6 Å². The number of benzene rings is 1. The van der Waals surface area contributed by atoms with Gasteiger partial charge < -0.3 is 0 Å². The minimum atomic E-state index is -1.07. The summed E-state index contributed by atoms with van der Waals surface area (Å²) in [5, 5.41) is 25.6. The number of hydrogen-bond donors (Lipinski definition) is 3. The van der Waals surface area contributed by atoms with E-state index < -0.39 is 40.2 Å². The first-order valence-corrected chi connectivity index (χ1v) is 19.6. The molecule has 198 valence electrons. The van der Waals surface area contributed by atoms with Gasteiger partial charge in [0, 0.05) is 0 Å². The molecule has 38 heavy (non-hydrogen) atoms. The Kier molecular flexibility index (Phi) is 8.85. The second kappa shape index (κ2) is 11.6. The van der Waals surface area contributed by atoms with E-state index in [9.17, 15) is 24.8 Å².